The van der Waals surface area contributed by atoms with Gasteiger partial charge < -0.3 is 10.1 Å². The Kier molecular flexibility index (Phi) is 5.66. The monoisotopic (exact) mass is 321 g/mol. The Morgan fingerprint density at radius 2 is 2.18 bits per heavy atom. The molecule has 6 heteroatoms. The van der Waals surface area contributed by atoms with Crippen LogP contribution in [0.4, 0.5) is 10.1 Å². The van der Waals surface area contributed by atoms with Gasteiger partial charge in [-0.25, -0.2) is 4.39 Å². The Morgan fingerprint density at radius 3 is 2.86 bits per heavy atom. The molecular weight excluding hydrogens is 305 g/mol. The van der Waals surface area contributed by atoms with Crippen molar-refractivity contribution < 1.29 is 18.7 Å². The fourth-order valence-corrected chi connectivity index (χ4v) is 2.50. The molecule has 0 radical (unpaired) electrons. The average molecular weight is 321 g/mol. The zero-order chi connectivity index (χ0) is 15.9. The number of rotatable bonds is 6. The lowest BCUT2D eigenvalue weighted by Gasteiger charge is -2.13. The van der Waals surface area contributed by atoms with Crippen molar-refractivity contribution in [1.29, 1.82) is 0 Å². The van der Waals surface area contributed by atoms with E-state index in [1.165, 1.54) is 25.1 Å². The van der Waals surface area contributed by atoms with Crippen LogP contribution in [0.3, 0.4) is 0 Å². The van der Waals surface area contributed by atoms with E-state index in [4.69, 9.17) is 4.74 Å². The molecule has 0 aliphatic rings. The van der Waals surface area contributed by atoms with E-state index >= 15 is 0 Å². The molecule has 1 aromatic carbocycles. The van der Waals surface area contributed by atoms with Gasteiger partial charge in [0.1, 0.15) is 5.82 Å². The summed E-state index contributed by atoms with van der Waals surface area (Å²) in [5.41, 5.74) is 1.39. The van der Waals surface area contributed by atoms with Crippen molar-refractivity contribution in [3.8, 4) is 0 Å². The number of thiophene rings is 1. The number of amides is 1. The minimum atomic E-state index is -0.932. The Morgan fingerprint density at radius 1 is 1.36 bits per heavy atom. The Balaban J connectivity index is 1.79. The lowest BCUT2D eigenvalue weighted by molar-refractivity contribution is -0.153. The highest BCUT2D eigenvalue weighted by atomic mass is 32.1. The van der Waals surface area contributed by atoms with Crippen molar-refractivity contribution in [1.82, 2.24) is 0 Å². The zero-order valence-corrected chi connectivity index (χ0v) is 12.9. The summed E-state index contributed by atoms with van der Waals surface area (Å²) in [4.78, 5) is 23.6. The number of benzene rings is 1. The number of halogens is 1. The number of esters is 1. The first-order valence-electron chi connectivity index (χ1n) is 6.81. The van der Waals surface area contributed by atoms with Gasteiger partial charge in [0, 0.05) is 12.1 Å². The maximum Gasteiger partial charge on any atom is 0.306 e. The summed E-state index contributed by atoms with van der Waals surface area (Å²) < 4.78 is 18.1. The minimum absolute atomic E-state index is 0.217. The number of hydrogen-bond acceptors (Lipinski definition) is 4. The second kappa shape index (κ2) is 7.70. The highest BCUT2D eigenvalue weighted by molar-refractivity contribution is 7.07. The van der Waals surface area contributed by atoms with Gasteiger partial charge in [0.05, 0.1) is 0 Å². The van der Waals surface area contributed by atoms with Crippen LogP contribution >= 0.6 is 11.3 Å². The van der Waals surface area contributed by atoms with Crippen LogP contribution in [-0.2, 0) is 20.7 Å². The van der Waals surface area contributed by atoms with Gasteiger partial charge in [0.2, 0.25) is 0 Å². The summed E-state index contributed by atoms with van der Waals surface area (Å²) in [6.45, 7) is 1.48. The smallest absolute Gasteiger partial charge is 0.306 e. The number of carbonyl (C=O) groups is 2. The molecule has 0 saturated carbocycles. The van der Waals surface area contributed by atoms with E-state index in [9.17, 15) is 14.0 Å². The molecule has 1 amide bonds. The molecule has 4 nitrogen and oxygen atoms in total. The number of carbonyl (C=O) groups excluding carboxylic acids is 2. The predicted octanol–water partition coefficient (Wildman–Crippen LogP) is 3.39. The van der Waals surface area contributed by atoms with E-state index in [-0.39, 0.29) is 6.42 Å². The standard InChI is InChI=1S/C16H16FNO3S/c1-11(16(20)18-14-4-2-3-13(17)9-14)21-15(19)6-5-12-7-8-22-10-12/h2-4,7-11H,5-6H2,1H3,(H,18,20)/t11-/m0/s1. The first-order chi connectivity index (χ1) is 10.5. The molecule has 22 heavy (non-hydrogen) atoms. The average Bonchev–Trinajstić information content (AvgIpc) is 2.98. The first kappa shape index (κ1) is 16.2. The maximum atomic E-state index is 13.0. The third-order valence-electron chi connectivity index (χ3n) is 2.97. The van der Waals surface area contributed by atoms with Crippen molar-refractivity contribution in [2.75, 3.05) is 5.32 Å². The van der Waals surface area contributed by atoms with Gasteiger partial charge in [-0.3, -0.25) is 9.59 Å². The van der Waals surface area contributed by atoms with E-state index in [1.807, 2.05) is 16.8 Å². The SMILES string of the molecule is C[C@H](OC(=O)CCc1ccsc1)C(=O)Nc1cccc(F)c1. The zero-order valence-electron chi connectivity index (χ0n) is 12.0. The van der Waals surface area contributed by atoms with Gasteiger partial charge in [-0.05, 0) is 53.9 Å². The number of aryl methyl sites for hydroxylation is 1. The lowest BCUT2D eigenvalue weighted by Crippen LogP contribution is -2.30. The quantitative estimate of drug-likeness (QED) is 0.830. The summed E-state index contributed by atoms with van der Waals surface area (Å²) in [5, 5.41) is 6.41. The van der Waals surface area contributed by atoms with Gasteiger partial charge in [0.25, 0.3) is 5.91 Å². The minimum Gasteiger partial charge on any atom is -0.453 e. The van der Waals surface area contributed by atoms with E-state index in [0.29, 0.717) is 12.1 Å². The van der Waals surface area contributed by atoms with Crippen molar-refractivity contribution >= 4 is 28.9 Å². The van der Waals surface area contributed by atoms with Gasteiger partial charge in [-0.15, -0.1) is 0 Å². The molecule has 2 rings (SSSR count). The Hall–Kier alpha value is -2.21. The molecular formula is C16H16FNO3S. The highest BCUT2D eigenvalue weighted by Gasteiger charge is 2.18. The van der Waals surface area contributed by atoms with E-state index in [2.05, 4.69) is 5.32 Å². The van der Waals surface area contributed by atoms with Crippen LogP contribution in [0.25, 0.3) is 0 Å². The summed E-state index contributed by atoms with van der Waals surface area (Å²) in [6, 6.07) is 7.47. The molecule has 1 aromatic heterocycles. The molecule has 1 N–H and O–H groups in total. The van der Waals surface area contributed by atoms with Crippen molar-refractivity contribution in [2.45, 2.75) is 25.9 Å². The second-order valence-electron chi connectivity index (χ2n) is 4.76. The van der Waals surface area contributed by atoms with Crippen molar-refractivity contribution in [3.05, 3.63) is 52.5 Å². The molecule has 0 bridgehead atoms. The third-order valence-corrected chi connectivity index (χ3v) is 3.70. The van der Waals surface area contributed by atoms with Crippen LogP contribution in [0.1, 0.15) is 18.9 Å². The largest absolute Gasteiger partial charge is 0.453 e. The number of hydrogen-bond donors (Lipinski definition) is 1. The molecule has 0 unspecified atom stereocenters. The normalized spacial score (nSPS) is 11.7. The highest BCUT2D eigenvalue weighted by Crippen LogP contribution is 2.11. The fraction of sp³-hybridized carbons (Fsp3) is 0.250. The maximum absolute atomic E-state index is 13.0. The van der Waals surface area contributed by atoms with Crippen LogP contribution in [0.2, 0.25) is 0 Å². The lowest BCUT2D eigenvalue weighted by atomic mass is 10.2. The first-order valence-corrected chi connectivity index (χ1v) is 7.76. The summed E-state index contributed by atoms with van der Waals surface area (Å²) >= 11 is 1.57. The molecule has 116 valence electrons. The molecule has 1 atom stereocenters. The number of nitrogens with one attached hydrogen (secondary N) is 1. The molecule has 0 fully saturated rings. The van der Waals surface area contributed by atoms with Gasteiger partial charge in [-0.2, -0.15) is 11.3 Å². The van der Waals surface area contributed by atoms with Crippen LogP contribution in [0.5, 0.6) is 0 Å². The van der Waals surface area contributed by atoms with E-state index in [1.54, 1.807) is 17.4 Å². The van der Waals surface area contributed by atoms with E-state index < -0.39 is 23.8 Å². The summed E-state index contributed by atoms with van der Waals surface area (Å²) in [6.07, 6.45) is -0.132. The van der Waals surface area contributed by atoms with Crippen LogP contribution < -0.4 is 5.32 Å². The Bertz CT molecular complexity index is 643. The number of ether oxygens (including phenoxy) is 1. The predicted molar refractivity (Wildman–Crippen MR) is 83.2 cm³/mol. The summed E-state index contributed by atoms with van der Waals surface area (Å²) in [5.74, 6) is -1.37. The van der Waals surface area contributed by atoms with Crippen molar-refractivity contribution in [3.63, 3.8) is 0 Å². The molecule has 0 aliphatic carbocycles. The van der Waals surface area contributed by atoms with Gasteiger partial charge in [0.15, 0.2) is 6.10 Å². The number of anilines is 1. The Labute approximate surface area is 131 Å². The topological polar surface area (TPSA) is 55.4 Å². The van der Waals surface area contributed by atoms with Gasteiger partial charge >= 0.3 is 5.97 Å². The molecule has 0 aliphatic heterocycles. The van der Waals surface area contributed by atoms with Gasteiger partial charge in [-0.1, -0.05) is 6.07 Å². The van der Waals surface area contributed by atoms with Crippen LogP contribution in [-0.4, -0.2) is 18.0 Å². The van der Waals surface area contributed by atoms with Crippen molar-refractivity contribution in [2.24, 2.45) is 0 Å². The summed E-state index contributed by atoms with van der Waals surface area (Å²) in [7, 11) is 0. The molecule has 0 spiro atoms. The van der Waals surface area contributed by atoms with Crippen LogP contribution in [0, 0.1) is 5.82 Å². The molecule has 2 aromatic rings. The van der Waals surface area contributed by atoms with E-state index in [0.717, 1.165) is 5.56 Å². The molecule has 0 saturated heterocycles. The second-order valence-corrected chi connectivity index (χ2v) is 5.54. The third kappa shape index (κ3) is 4.96. The fourth-order valence-electron chi connectivity index (χ4n) is 1.80. The van der Waals surface area contributed by atoms with Crippen LogP contribution in [0.15, 0.2) is 41.1 Å². The molecule has 1 heterocycles.